The van der Waals surface area contributed by atoms with Crippen molar-refractivity contribution in [2.24, 2.45) is 11.8 Å². The quantitative estimate of drug-likeness (QED) is 0.238. The van der Waals surface area contributed by atoms with Crippen LogP contribution in [0.1, 0.15) is 51.7 Å². The molecule has 3 atom stereocenters. The number of aromatic hydroxyl groups is 1. The second-order valence-corrected chi connectivity index (χ2v) is 10.6. The molecule has 41 heavy (non-hydrogen) atoms. The predicted octanol–water partition coefficient (Wildman–Crippen LogP) is 3.76. The summed E-state index contributed by atoms with van der Waals surface area (Å²) in [6.07, 6.45) is -0.288. The molecular weight excluding hydrogens is 533 g/mol. The lowest BCUT2D eigenvalue weighted by atomic mass is 9.99. The van der Waals surface area contributed by atoms with E-state index in [4.69, 9.17) is 4.74 Å². The molecule has 224 valence electrons. The van der Waals surface area contributed by atoms with E-state index in [-0.39, 0.29) is 43.5 Å². The van der Waals surface area contributed by atoms with Gasteiger partial charge in [-0.1, -0.05) is 70.2 Å². The normalized spacial score (nSPS) is 13.1. The van der Waals surface area contributed by atoms with E-state index in [0.29, 0.717) is 5.56 Å². The molecule has 0 saturated carbocycles. The molecule has 0 spiro atoms. The molecule has 2 aromatic rings. The van der Waals surface area contributed by atoms with Gasteiger partial charge in [0.25, 0.3) is 0 Å². The Morgan fingerprint density at radius 1 is 0.732 bits per heavy atom. The number of carbonyl (C=O) groups is 4. The Labute approximate surface area is 240 Å². The summed E-state index contributed by atoms with van der Waals surface area (Å²) >= 11 is 0. The van der Waals surface area contributed by atoms with Gasteiger partial charge in [0.05, 0.1) is 0 Å². The molecule has 0 unspecified atom stereocenters. The lowest BCUT2D eigenvalue weighted by Gasteiger charge is -2.26. The number of alkyl carbamates (subject to hydrolysis) is 1. The fourth-order valence-electron chi connectivity index (χ4n) is 4.07. The van der Waals surface area contributed by atoms with E-state index in [1.165, 1.54) is 12.1 Å². The minimum atomic E-state index is -1.37. The lowest BCUT2D eigenvalue weighted by molar-refractivity contribution is -0.152. The SMILES string of the molecule is CC(C)C[C@H](NC(=O)OCc1ccccc1)C(=O)N[C@@H](CC(C)C)C(=O)N[C@@H](Cc1ccc(O)cc1)C(=O)OCF. The fraction of sp³-hybridized carbons (Fsp3) is 0.467. The van der Waals surface area contributed by atoms with Gasteiger partial charge >= 0.3 is 12.1 Å². The highest BCUT2D eigenvalue weighted by atomic mass is 19.1. The van der Waals surface area contributed by atoms with Gasteiger partial charge in [0.2, 0.25) is 18.7 Å². The highest BCUT2D eigenvalue weighted by Gasteiger charge is 2.31. The minimum absolute atomic E-state index is 0.0215. The summed E-state index contributed by atoms with van der Waals surface area (Å²) in [5, 5.41) is 17.4. The number of amides is 3. The second-order valence-electron chi connectivity index (χ2n) is 10.6. The summed E-state index contributed by atoms with van der Waals surface area (Å²) in [6, 6.07) is 11.8. The van der Waals surface area contributed by atoms with Crippen molar-refractivity contribution in [1.29, 1.82) is 0 Å². The number of esters is 1. The largest absolute Gasteiger partial charge is 0.508 e. The molecule has 4 N–H and O–H groups in total. The third kappa shape index (κ3) is 12.3. The Bertz CT molecular complexity index is 1130. The number of hydrogen-bond donors (Lipinski definition) is 4. The molecule has 0 aliphatic rings. The third-order valence-electron chi connectivity index (χ3n) is 6.04. The Balaban J connectivity index is 2.13. The summed E-state index contributed by atoms with van der Waals surface area (Å²) in [6.45, 7) is 6.17. The Kier molecular flexibility index (Phi) is 13.6. The van der Waals surface area contributed by atoms with Crippen molar-refractivity contribution in [2.45, 2.75) is 71.7 Å². The first-order valence-electron chi connectivity index (χ1n) is 13.6. The van der Waals surface area contributed by atoms with E-state index in [2.05, 4.69) is 20.7 Å². The number of carbonyl (C=O) groups excluding carboxylic acids is 4. The van der Waals surface area contributed by atoms with Crippen molar-refractivity contribution in [3.05, 3.63) is 65.7 Å². The number of alkyl halides is 1. The monoisotopic (exact) mass is 573 g/mol. The summed E-state index contributed by atoms with van der Waals surface area (Å²) in [7, 11) is 0. The van der Waals surface area contributed by atoms with Crippen LogP contribution in [-0.4, -0.2) is 54.0 Å². The highest BCUT2D eigenvalue weighted by Crippen LogP contribution is 2.14. The lowest BCUT2D eigenvalue weighted by Crippen LogP contribution is -2.56. The Morgan fingerprint density at radius 2 is 1.27 bits per heavy atom. The second kappa shape index (κ2) is 16.8. The average Bonchev–Trinajstić information content (AvgIpc) is 2.92. The van der Waals surface area contributed by atoms with Crippen LogP contribution in [0.25, 0.3) is 0 Å². The molecule has 0 aliphatic carbocycles. The summed E-state index contributed by atoms with van der Waals surface area (Å²) in [5.74, 6) is -2.20. The molecule has 0 aromatic heterocycles. The van der Waals surface area contributed by atoms with E-state index in [1.54, 1.807) is 24.3 Å². The molecule has 0 fully saturated rings. The minimum Gasteiger partial charge on any atom is -0.508 e. The molecule has 2 rings (SSSR count). The summed E-state index contributed by atoms with van der Waals surface area (Å²) in [5.41, 5.74) is 1.37. The van der Waals surface area contributed by atoms with Crippen LogP contribution >= 0.6 is 0 Å². The van der Waals surface area contributed by atoms with Crippen LogP contribution in [0.2, 0.25) is 0 Å². The van der Waals surface area contributed by atoms with E-state index in [0.717, 1.165) is 5.56 Å². The zero-order valence-electron chi connectivity index (χ0n) is 23.9. The van der Waals surface area contributed by atoms with Crippen molar-refractivity contribution >= 4 is 23.9 Å². The van der Waals surface area contributed by atoms with Gasteiger partial charge in [-0.25, -0.2) is 14.0 Å². The number of ether oxygens (including phenoxy) is 2. The van der Waals surface area contributed by atoms with Crippen LogP contribution in [0.5, 0.6) is 5.75 Å². The maximum atomic E-state index is 13.3. The average molecular weight is 574 g/mol. The molecule has 2 aromatic carbocycles. The first-order chi connectivity index (χ1) is 19.5. The molecule has 10 nitrogen and oxygen atoms in total. The maximum Gasteiger partial charge on any atom is 0.408 e. The van der Waals surface area contributed by atoms with Gasteiger partial charge in [-0.05, 0) is 47.9 Å². The van der Waals surface area contributed by atoms with Gasteiger partial charge in [-0.15, -0.1) is 0 Å². The molecule has 0 saturated heterocycles. The van der Waals surface area contributed by atoms with Crippen molar-refractivity contribution in [3.8, 4) is 5.75 Å². The van der Waals surface area contributed by atoms with Gasteiger partial charge in [-0.2, -0.15) is 0 Å². The molecule has 0 bridgehead atoms. The molecule has 3 amide bonds. The van der Waals surface area contributed by atoms with Gasteiger partial charge < -0.3 is 30.5 Å². The van der Waals surface area contributed by atoms with Gasteiger partial charge in [-0.3, -0.25) is 9.59 Å². The molecule has 11 heteroatoms. The first-order valence-corrected chi connectivity index (χ1v) is 13.6. The molecule has 0 aliphatic heterocycles. The molecule has 0 radical (unpaired) electrons. The van der Waals surface area contributed by atoms with E-state index >= 15 is 0 Å². The first kappa shape index (κ1) is 33.1. The Morgan fingerprint density at radius 3 is 1.80 bits per heavy atom. The number of benzene rings is 2. The van der Waals surface area contributed by atoms with Crippen LogP contribution in [0.15, 0.2) is 54.6 Å². The predicted molar refractivity (Wildman–Crippen MR) is 150 cm³/mol. The van der Waals surface area contributed by atoms with Crippen LogP contribution in [0, 0.1) is 11.8 Å². The van der Waals surface area contributed by atoms with Gasteiger partial charge in [0.1, 0.15) is 30.5 Å². The van der Waals surface area contributed by atoms with Crippen LogP contribution < -0.4 is 16.0 Å². The number of nitrogens with one attached hydrogen (secondary N) is 3. The van der Waals surface area contributed by atoms with Crippen molar-refractivity contribution in [1.82, 2.24) is 16.0 Å². The third-order valence-corrected chi connectivity index (χ3v) is 6.04. The zero-order valence-corrected chi connectivity index (χ0v) is 23.9. The van der Waals surface area contributed by atoms with Gasteiger partial charge in [0, 0.05) is 6.42 Å². The smallest absolute Gasteiger partial charge is 0.408 e. The summed E-state index contributed by atoms with van der Waals surface area (Å²) in [4.78, 5) is 51.6. The fourth-order valence-corrected chi connectivity index (χ4v) is 4.07. The van der Waals surface area contributed by atoms with Crippen LogP contribution in [-0.2, 0) is 36.9 Å². The van der Waals surface area contributed by atoms with Crippen LogP contribution in [0.3, 0.4) is 0 Å². The number of rotatable bonds is 15. The van der Waals surface area contributed by atoms with E-state index < -0.39 is 48.9 Å². The highest BCUT2D eigenvalue weighted by molar-refractivity contribution is 5.93. The molecular formula is C30H40FN3O7. The number of hydrogen-bond acceptors (Lipinski definition) is 7. The topological polar surface area (TPSA) is 143 Å². The van der Waals surface area contributed by atoms with E-state index in [1.807, 2.05) is 45.9 Å². The van der Waals surface area contributed by atoms with Crippen molar-refractivity contribution in [2.75, 3.05) is 6.86 Å². The number of phenolic OH excluding ortho intramolecular Hbond substituents is 1. The number of halogens is 1. The standard InChI is InChI=1S/C30H40FN3O7/c1-19(2)14-24(27(36)33-26(29(38)41-18-31)16-21-10-12-23(35)13-11-21)32-28(37)25(15-20(3)4)34-30(39)40-17-22-8-6-5-7-9-22/h5-13,19-20,24-26,35H,14-18H2,1-4H3,(H,32,37)(H,33,36)(H,34,39)/t24-,25-,26-/m0/s1. The van der Waals surface area contributed by atoms with Crippen LogP contribution in [0.4, 0.5) is 9.18 Å². The molecule has 0 heterocycles. The van der Waals surface area contributed by atoms with Crippen molar-refractivity contribution in [3.63, 3.8) is 0 Å². The van der Waals surface area contributed by atoms with E-state index in [9.17, 15) is 28.7 Å². The van der Waals surface area contributed by atoms with Gasteiger partial charge in [0.15, 0.2) is 0 Å². The van der Waals surface area contributed by atoms with Crippen molar-refractivity contribution < 1.29 is 38.1 Å². The Hall–Kier alpha value is -4.15. The summed E-state index contributed by atoms with van der Waals surface area (Å²) < 4.78 is 22.6. The number of phenols is 1. The zero-order chi connectivity index (χ0) is 30.4. The maximum absolute atomic E-state index is 13.3.